The third kappa shape index (κ3) is 3.85. The maximum absolute atomic E-state index is 12.7. The molecule has 1 heterocycles. The highest BCUT2D eigenvalue weighted by atomic mass is 79.9. The van der Waals surface area contributed by atoms with Crippen LogP contribution in [0.1, 0.15) is 19.4 Å². The van der Waals surface area contributed by atoms with E-state index < -0.39 is 10.0 Å². The third-order valence-corrected chi connectivity index (χ3v) is 7.12. The molecule has 0 atom stereocenters. The van der Waals surface area contributed by atoms with Crippen LogP contribution in [-0.4, -0.2) is 18.8 Å². The summed E-state index contributed by atoms with van der Waals surface area (Å²) in [6.07, 6.45) is 0. The van der Waals surface area contributed by atoms with E-state index in [0.717, 1.165) is 9.35 Å². The molecule has 2 rings (SSSR count). The zero-order valence-electron chi connectivity index (χ0n) is 11.8. The smallest absolute Gasteiger partial charge is 0.253 e. The molecule has 0 saturated heterocycles. The Kier molecular flexibility index (Phi) is 5.08. The summed E-state index contributed by atoms with van der Waals surface area (Å²) >= 11 is 4.53. The summed E-state index contributed by atoms with van der Waals surface area (Å²) in [4.78, 5) is 0. The fraction of sp³-hybridized carbons (Fsp3) is 0.286. The van der Waals surface area contributed by atoms with Gasteiger partial charge in [-0.2, -0.15) is 4.31 Å². The molecule has 0 unspecified atom stereocenters. The third-order valence-electron chi connectivity index (χ3n) is 3.01. The molecule has 0 saturated carbocycles. The van der Waals surface area contributed by atoms with E-state index in [9.17, 15) is 8.42 Å². The number of anilines is 1. The minimum Gasteiger partial charge on any atom is -0.399 e. The molecule has 4 nitrogen and oxygen atoms in total. The van der Waals surface area contributed by atoms with Gasteiger partial charge in [0.05, 0.1) is 3.79 Å². The maximum Gasteiger partial charge on any atom is 0.253 e. The van der Waals surface area contributed by atoms with Crippen molar-refractivity contribution in [3.63, 3.8) is 0 Å². The summed E-state index contributed by atoms with van der Waals surface area (Å²) in [6, 6.07) is 10.5. The summed E-state index contributed by atoms with van der Waals surface area (Å²) in [5, 5.41) is 0. The highest BCUT2D eigenvalue weighted by molar-refractivity contribution is 9.11. The van der Waals surface area contributed by atoms with Crippen molar-refractivity contribution in [2.75, 3.05) is 5.73 Å². The van der Waals surface area contributed by atoms with Crippen molar-refractivity contribution < 1.29 is 8.42 Å². The van der Waals surface area contributed by atoms with E-state index in [1.54, 1.807) is 24.3 Å². The standard InChI is InChI=1S/C14H17BrN2O2S2/c1-10(2)17(9-11-3-5-12(16)6-4-11)21(18,19)14-8-7-13(15)20-14/h3-8,10H,9,16H2,1-2H3. The molecule has 0 amide bonds. The van der Waals surface area contributed by atoms with Crippen LogP contribution in [0.4, 0.5) is 5.69 Å². The van der Waals surface area contributed by atoms with Gasteiger partial charge in [0, 0.05) is 18.3 Å². The van der Waals surface area contributed by atoms with Crippen molar-refractivity contribution >= 4 is 43.0 Å². The first-order valence-corrected chi connectivity index (χ1v) is 9.47. The summed E-state index contributed by atoms with van der Waals surface area (Å²) in [5.41, 5.74) is 7.24. The van der Waals surface area contributed by atoms with Gasteiger partial charge in [-0.25, -0.2) is 8.42 Å². The van der Waals surface area contributed by atoms with Crippen LogP contribution in [0.15, 0.2) is 44.4 Å². The van der Waals surface area contributed by atoms with E-state index in [-0.39, 0.29) is 6.04 Å². The van der Waals surface area contributed by atoms with Gasteiger partial charge in [0.25, 0.3) is 10.0 Å². The first-order chi connectivity index (χ1) is 9.80. The monoisotopic (exact) mass is 388 g/mol. The SMILES string of the molecule is CC(C)N(Cc1ccc(N)cc1)S(=O)(=O)c1ccc(Br)s1. The zero-order valence-corrected chi connectivity index (χ0v) is 15.0. The van der Waals surface area contributed by atoms with Crippen LogP contribution in [0.3, 0.4) is 0 Å². The average Bonchev–Trinajstić information content (AvgIpc) is 2.85. The molecule has 1 aromatic carbocycles. The fourth-order valence-corrected chi connectivity index (χ4v) is 5.66. The van der Waals surface area contributed by atoms with Crippen LogP contribution < -0.4 is 5.73 Å². The number of benzene rings is 1. The van der Waals surface area contributed by atoms with Gasteiger partial charge in [-0.15, -0.1) is 11.3 Å². The molecular weight excluding hydrogens is 372 g/mol. The molecule has 0 radical (unpaired) electrons. The zero-order chi connectivity index (χ0) is 15.6. The normalized spacial score (nSPS) is 12.2. The minimum absolute atomic E-state index is 0.131. The second-order valence-electron chi connectivity index (χ2n) is 4.94. The van der Waals surface area contributed by atoms with Gasteiger partial charge in [-0.3, -0.25) is 0 Å². The number of sulfonamides is 1. The molecule has 0 spiro atoms. The fourth-order valence-electron chi connectivity index (χ4n) is 1.90. The van der Waals surface area contributed by atoms with E-state index in [0.29, 0.717) is 16.4 Å². The highest BCUT2D eigenvalue weighted by Crippen LogP contribution is 2.30. The first kappa shape index (κ1) is 16.5. The van der Waals surface area contributed by atoms with Crippen molar-refractivity contribution in [3.05, 3.63) is 45.7 Å². The van der Waals surface area contributed by atoms with E-state index in [1.807, 2.05) is 26.0 Å². The van der Waals surface area contributed by atoms with Crippen LogP contribution in [0.2, 0.25) is 0 Å². The van der Waals surface area contributed by atoms with Gasteiger partial charge in [0.2, 0.25) is 0 Å². The van der Waals surface area contributed by atoms with Crippen molar-refractivity contribution in [1.82, 2.24) is 4.31 Å². The molecule has 0 aliphatic rings. The van der Waals surface area contributed by atoms with E-state index in [1.165, 1.54) is 15.6 Å². The number of nitrogens with two attached hydrogens (primary N) is 1. The van der Waals surface area contributed by atoms with Gasteiger partial charge in [0.1, 0.15) is 4.21 Å². The highest BCUT2D eigenvalue weighted by Gasteiger charge is 2.28. The number of nitrogen functional groups attached to an aromatic ring is 1. The molecule has 0 bridgehead atoms. The largest absolute Gasteiger partial charge is 0.399 e. The molecule has 0 fully saturated rings. The number of halogens is 1. The van der Waals surface area contributed by atoms with Gasteiger partial charge in [-0.05, 0) is 59.6 Å². The summed E-state index contributed by atoms with van der Waals surface area (Å²) in [6.45, 7) is 4.07. The van der Waals surface area contributed by atoms with Gasteiger partial charge in [-0.1, -0.05) is 12.1 Å². The Hall–Kier alpha value is -0.890. The number of rotatable bonds is 5. The van der Waals surface area contributed by atoms with Crippen LogP contribution in [0.5, 0.6) is 0 Å². The molecule has 0 aliphatic heterocycles. The quantitative estimate of drug-likeness (QED) is 0.794. The van der Waals surface area contributed by atoms with E-state index >= 15 is 0 Å². The number of thiophene rings is 1. The van der Waals surface area contributed by atoms with Crippen molar-refractivity contribution in [2.24, 2.45) is 0 Å². The molecule has 114 valence electrons. The first-order valence-electron chi connectivity index (χ1n) is 6.42. The summed E-state index contributed by atoms with van der Waals surface area (Å²) in [5.74, 6) is 0. The maximum atomic E-state index is 12.7. The second-order valence-corrected chi connectivity index (χ2v) is 9.52. The minimum atomic E-state index is -3.50. The van der Waals surface area contributed by atoms with Gasteiger partial charge in [0.15, 0.2) is 0 Å². The van der Waals surface area contributed by atoms with Crippen LogP contribution in [0.25, 0.3) is 0 Å². The number of nitrogens with zero attached hydrogens (tertiary/aromatic N) is 1. The lowest BCUT2D eigenvalue weighted by molar-refractivity contribution is 0.349. The number of hydrogen-bond acceptors (Lipinski definition) is 4. The Morgan fingerprint density at radius 3 is 2.29 bits per heavy atom. The predicted molar refractivity (Wildman–Crippen MR) is 90.7 cm³/mol. The summed E-state index contributed by atoms with van der Waals surface area (Å²) in [7, 11) is -3.50. The lowest BCUT2D eigenvalue weighted by atomic mass is 10.2. The predicted octanol–water partition coefficient (Wildman–Crippen LogP) is 3.69. The topological polar surface area (TPSA) is 63.4 Å². The Morgan fingerprint density at radius 2 is 1.81 bits per heavy atom. The lowest BCUT2D eigenvalue weighted by Gasteiger charge is -2.25. The van der Waals surface area contributed by atoms with E-state index in [4.69, 9.17) is 5.73 Å². The van der Waals surface area contributed by atoms with Crippen LogP contribution >= 0.6 is 27.3 Å². The molecular formula is C14H17BrN2O2S2. The van der Waals surface area contributed by atoms with Crippen LogP contribution in [0, 0.1) is 0 Å². The van der Waals surface area contributed by atoms with E-state index in [2.05, 4.69) is 15.9 Å². The molecule has 2 aromatic rings. The molecule has 7 heteroatoms. The lowest BCUT2D eigenvalue weighted by Crippen LogP contribution is -2.36. The summed E-state index contributed by atoms with van der Waals surface area (Å²) < 4.78 is 28.1. The Bertz CT molecular complexity index is 709. The second kappa shape index (κ2) is 6.48. The molecule has 0 aliphatic carbocycles. The van der Waals surface area contributed by atoms with Crippen molar-refractivity contribution in [2.45, 2.75) is 30.6 Å². The Balaban J connectivity index is 2.32. The van der Waals surface area contributed by atoms with Crippen molar-refractivity contribution in [3.8, 4) is 0 Å². The Morgan fingerprint density at radius 1 is 1.19 bits per heavy atom. The average molecular weight is 389 g/mol. The van der Waals surface area contributed by atoms with Crippen LogP contribution in [-0.2, 0) is 16.6 Å². The molecule has 21 heavy (non-hydrogen) atoms. The number of hydrogen-bond donors (Lipinski definition) is 1. The van der Waals surface area contributed by atoms with Gasteiger partial charge >= 0.3 is 0 Å². The molecule has 2 N–H and O–H groups in total. The molecule has 1 aromatic heterocycles. The van der Waals surface area contributed by atoms with Gasteiger partial charge < -0.3 is 5.73 Å². The van der Waals surface area contributed by atoms with Crippen molar-refractivity contribution in [1.29, 1.82) is 0 Å². The Labute approximate surface area is 137 Å².